The molecule has 1 aliphatic rings. The Morgan fingerprint density at radius 2 is 2.33 bits per heavy atom. The number of hydrogen-bond donors (Lipinski definition) is 1. The maximum Gasteiger partial charge on any atom is 0.244 e. The van der Waals surface area contributed by atoms with Crippen LogP contribution in [0, 0.1) is 12.8 Å². The molecule has 1 aromatic heterocycles. The summed E-state index contributed by atoms with van der Waals surface area (Å²) in [4.78, 5) is 13.9. The van der Waals surface area contributed by atoms with Crippen molar-refractivity contribution in [2.24, 2.45) is 5.92 Å². The van der Waals surface area contributed by atoms with E-state index in [2.05, 4.69) is 5.10 Å². The van der Waals surface area contributed by atoms with Gasteiger partial charge in [0.15, 0.2) is 0 Å². The molecule has 5 heteroatoms. The van der Waals surface area contributed by atoms with Gasteiger partial charge in [-0.05, 0) is 32.8 Å². The van der Waals surface area contributed by atoms with E-state index in [9.17, 15) is 9.90 Å². The summed E-state index contributed by atoms with van der Waals surface area (Å²) in [5.41, 5.74) is 0.343. The molecule has 5 nitrogen and oxygen atoms in total. The third-order valence-corrected chi connectivity index (χ3v) is 3.60. The highest BCUT2D eigenvalue weighted by Crippen LogP contribution is 2.27. The van der Waals surface area contributed by atoms with E-state index >= 15 is 0 Å². The van der Waals surface area contributed by atoms with E-state index in [0.717, 1.165) is 18.5 Å². The van der Waals surface area contributed by atoms with Gasteiger partial charge in [0.1, 0.15) is 6.54 Å². The molecular weight excluding hydrogens is 230 g/mol. The number of hydrogen-bond acceptors (Lipinski definition) is 3. The summed E-state index contributed by atoms with van der Waals surface area (Å²) in [6, 6.07) is 0. The lowest BCUT2D eigenvalue weighted by molar-refractivity contribution is -0.131. The second kappa shape index (κ2) is 4.72. The van der Waals surface area contributed by atoms with E-state index in [4.69, 9.17) is 0 Å². The van der Waals surface area contributed by atoms with Crippen molar-refractivity contribution in [3.05, 3.63) is 18.0 Å². The largest absolute Gasteiger partial charge is 0.390 e. The van der Waals surface area contributed by atoms with Crippen molar-refractivity contribution in [2.45, 2.75) is 39.3 Å². The summed E-state index contributed by atoms with van der Waals surface area (Å²) in [7, 11) is 0. The van der Waals surface area contributed by atoms with Gasteiger partial charge in [0.2, 0.25) is 5.91 Å². The van der Waals surface area contributed by atoms with Crippen LogP contribution in [-0.4, -0.2) is 44.4 Å². The minimum atomic E-state index is -0.711. The molecule has 1 atom stereocenters. The summed E-state index contributed by atoms with van der Waals surface area (Å²) >= 11 is 0. The minimum absolute atomic E-state index is 0.0739. The second-order valence-electron chi connectivity index (χ2n) is 5.69. The van der Waals surface area contributed by atoms with Gasteiger partial charge in [0.05, 0.1) is 11.8 Å². The normalized spacial score (nSPS) is 20.4. The molecule has 1 fully saturated rings. The maximum atomic E-state index is 12.1. The topological polar surface area (TPSA) is 58.4 Å². The number of carbonyl (C=O) groups is 1. The molecule has 1 aliphatic heterocycles. The molecule has 1 amide bonds. The Kier molecular flexibility index (Phi) is 3.43. The number of amides is 1. The van der Waals surface area contributed by atoms with Gasteiger partial charge in [0, 0.05) is 25.2 Å². The average molecular weight is 251 g/mol. The first-order chi connectivity index (χ1) is 8.36. The molecular formula is C13H21N3O2. The van der Waals surface area contributed by atoms with E-state index in [0.29, 0.717) is 6.54 Å². The SMILES string of the molecule is Cc1cnn(CC(=O)N2CCC(C(C)(C)O)C2)c1. The van der Waals surface area contributed by atoms with Crippen LogP contribution < -0.4 is 0 Å². The van der Waals surface area contributed by atoms with Crippen LogP contribution in [0.2, 0.25) is 0 Å². The van der Waals surface area contributed by atoms with E-state index in [1.54, 1.807) is 10.9 Å². The molecule has 0 saturated carbocycles. The third-order valence-electron chi connectivity index (χ3n) is 3.60. The smallest absolute Gasteiger partial charge is 0.244 e. The molecule has 100 valence electrons. The van der Waals surface area contributed by atoms with E-state index in [-0.39, 0.29) is 18.4 Å². The van der Waals surface area contributed by atoms with E-state index < -0.39 is 5.60 Å². The molecule has 0 spiro atoms. The van der Waals surface area contributed by atoms with Crippen LogP contribution in [0.5, 0.6) is 0 Å². The summed E-state index contributed by atoms with van der Waals surface area (Å²) in [5, 5.41) is 14.1. The number of rotatable bonds is 3. The molecule has 0 bridgehead atoms. The summed E-state index contributed by atoms with van der Waals surface area (Å²) in [5.74, 6) is 0.241. The Hall–Kier alpha value is -1.36. The molecule has 0 radical (unpaired) electrons. The Morgan fingerprint density at radius 3 is 2.83 bits per heavy atom. The van der Waals surface area contributed by atoms with Gasteiger partial charge in [-0.3, -0.25) is 9.48 Å². The van der Waals surface area contributed by atoms with Gasteiger partial charge in [-0.2, -0.15) is 5.10 Å². The van der Waals surface area contributed by atoms with Crippen LogP contribution in [-0.2, 0) is 11.3 Å². The minimum Gasteiger partial charge on any atom is -0.390 e. The van der Waals surface area contributed by atoms with Crippen LogP contribution >= 0.6 is 0 Å². The number of carbonyl (C=O) groups excluding carboxylic acids is 1. The molecule has 1 N–H and O–H groups in total. The zero-order chi connectivity index (χ0) is 13.3. The zero-order valence-corrected chi connectivity index (χ0v) is 11.3. The lowest BCUT2D eigenvalue weighted by atomic mass is 9.90. The number of aliphatic hydroxyl groups is 1. The van der Waals surface area contributed by atoms with Crippen LogP contribution in [0.25, 0.3) is 0 Å². The number of nitrogens with zero attached hydrogens (tertiary/aromatic N) is 3. The van der Waals surface area contributed by atoms with Gasteiger partial charge in [-0.25, -0.2) is 0 Å². The van der Waals surface area contributed by atoms with Crippen molar-refractivity contribution in [2.75, 3.05) is 13.1 Å². The fourth-order valence-corrected chi connectivity index (χ4v) is 2.36. The Bertz CT molecular complexity index is 434. The lowest BCUT2D eigenvalue weighted by Crippen LogP contribution is -2.36. The predicted octanol–water partition coefficient (Wildman–Crippen LogP) is 0.811. The van der Waals surface area contributed by atoms with Crippen molar-refractivity contribution in [3.8, 4) is 0 Å². The predicted molar refractivity (Wildman–Crippen MR) is 67.9 cm³/mol. The monoisotopic (exact) mass is 251 g/mol. The molecule has 18 heavy (non-hydrogen) atoms. The Labute approximate surface area is 107 Å². The van der Waals surface area contributed by atoms with Crippen molar-refractivity contribution in [1.29, 1.82) is 0 Å². The Balaban J connectivity index is 1.92. The van der Waals surface area contributed by atoms with Crippen molar-refractivity contribution in [1.82, 2.24) is 14.7 Å². The first kappa shape index (κ1) is 13.1. The molecule has 1 aromatic rings. The first-order valence-corrected chi connectivity index (χ1v) is 6.35. The van der Waals surface area contributed by atoms with Crippen molar-refractivity contribution in [3.63, 3.8) is 0 Å². The quantitative estimate of drug-likeness (QED) is 0.865. The summed E-state index contributed by atoms with van der Waals surface area (Å²) in [6.07, 6.45) is 4.48. The van der Waals surface area contributed by atoms with Crippen LogP contribution in [0.3, 0.4) is 0 Å². The number of aromatic nitrogens is 2. The van der Waals surface area contributed by atoms with Crippen molar-refractivity contribution < 1.29 is 9.90 Å². The zero-order valence-electron chi connectivity index (χ0n) is 11.3. The van der Waals surface area contributed by atoms with E-state index in [1.165, 1.54) is 0 Å². The number of aryl methyl sites for hydroxylation is 1. The highest BCUT2D eigenvalue weighted by Gasteiger charge is 2.35. The van der Waals surface area contributed by atoms with Crippen LogP contribution in [0.15, 0.2) is 12.4 Å². The lowest BCUT2D eigenvalue weighted by Gasteiger charge is -2.25. The Morgan fingerprint density at radius 1 is 1.61 bits per heavy atom. The molecule has 0 aliphatic carbocycles. The van der Waals surface area contributed by atoms with Gasteiger partial charge in [0.25, 0.3) is 0 Å². The molecule has 2 heterocycles. The van der Waals surface area contributed by atoms with Gasteiger partial charge < -0.3 is 10.0 Å². The van der Waals surface area contributed by atoms with Crippen LogP contribution in [0.1, 0.15) is 25.8 Å². The number of likely N-dealkylation sites (tertiary alicyclic amines) is 1. The molecule has 1 unspecified atom stereocenters. The van der Waals surface area contributed by atoms with Crippen molar-refractivity contribution >= 4 is 5.91 Å². The highest BCUT2D eigenvalue weighted by atomic mass is 16.3. The average Bonchev–Trinajstić information content (AvgIpc) is 2.85. The molecule has 1 saturated heterocycles. The first-order valence-electron chi connectivity index (χ1n) is 6.35. The van der Waals surface area contributed by atoms with E-state index in [1.807, 2.05) is 31.9 Å². The van der Waals surface area contributed by atoms with Gasteiger partial charge in [-0.1, -0.05) is 0 Å². The van der Waals surface area contributed by atoms with Gasteiger partial charge in [-0.15, -0.1) is 0 Å². The van der Waals surface area contributed by atoms with Gasteiger partial charge >= 0.3 is 0 Å². The fraction of sp³-hybridized carbons (Fsp3) is 0.692. The summed E-state index contributed by atoms with van der Waals surface area (Å²) in [6.45, 7) is 7.22. The highest BCUT2D eigenvalue weighted by molar-refractivity contribution is 5.76. The second-order valence-corrected chi connectivity index (χ2v) is 5.69. The fourth-order valence-electron chi connectivity index (χ4n) is 2.36. The maximum absolute atomic E-state index is 12.1. The molecule has 2 rings (SSSR count). The molecule has 0 aromatic carbocycles. The third kappa shape index (κ3) is 2.90. The van der Waals surface area contributed by atoms with Crippen LogP contribution in [0.4, 0.5) is 0 Å². The summed E-state index contributed by atoms with van der Waals surface area (Å²) < 4.78 is 1.66. The standard InChI is InChI=1S/C13H21N3O2/c1-10-6-14-16(7-10)9-12(17)15-5-4-11(8-15)13(2,3)18/h6-7,11,18H,4-5,8-9H2,1-3H3.